The minimum atomic E-state index is -0.105. The fourth-order valence-corrected chi connectivity index (χ4v) is 4.92. The number of allylic oxidation sites excluding steroid dienone is 1. The average molecular weight is 401 g/mol. The standard InChI is InChI=1S/C29H33F/c1-3-5-6-7-22-10-18-28-26(20-22)17-19-27(29(28)30)25-15-13-24(14-16-25)23-11-8-21(4-2)9-12-23/h4,10,13-21,23H,2-3,5-9,11-12H2,1H3. The van der Waals surface area contributed by atoms with Crippen molar-refractivity contribution in [2.24, 2.45) is 5.92 Å². The van der Waals surface area contributed by atoms with Gasteiger partial charge in [-0.1, -0.05) is 80.4 Å². The van der Waals surface area contributed by atoms with Gasteiger partial charge >= 0.3 is 0 Å². The predicted octanol–water partition coefficient (Wildman–Crippen LogP) is 8.84. The number of hydrogen-bond donors (Lipinski definition) is 0. The van der Waals surface area contributed by atoms with E-state index in [1.165, 1.54) is 56.1 Å². The van der Waals surface area contributed by atoms with Crippen LogP contribution in [-0.2, 0) is 6.42 Å². The molecule has 0 N–H and O–H groups in total. The quantitative estimate of drug-likeness (QED) is 0.274. The molecule has 1 aliphatic carbocycles. The van der Waals surface area contributed by atoms with Crippen molar-refractivity contribution in [1.82, 2.24) is 0 Å². The number of rotatable bonds is 7. The molecule has 0 nitrogen and oxygen atoms in total. The third-order valence-corrected chi connectivity index (χ3v) is 6.89. The van der Waals surface area contributed by atoms with Crippen LogP contribution in [-0.4, -0.2) is 0 Å². The van der Waals surface area contributed by atoms with E-state index in [-0.39, 0.29) is 5.82 Å². The van der Waals surface area contributed by atoms with Crippen molar-refractivity contribution in [3.8, 4) is 11.1 Å². The minimum absolute atomic E-state index is 0.105. The second kappa shape index (κ2) is 9.60. The van der Waals surface area contributed by atoms with Crippen molar-refractivity contribution in [2.45, 2.75) is 64.2 Å². The Morgan fingerprint density at radius 1 is 0.933 bits per heavy atom. The molecule has 0 aliphatic heterocycles. The van der Waals surface area contributed by atoms with Gasteiger partial charge in [0, 0.05) is 10.9 Å². The lowest BCUT2D eigenvalue weighted by Gasteiger charge is -2.27. The fourth-order valence-electron chi connectivity index (χ4n) is 4.92. The van der Waals surface area contributed by atoms with Crippen LogP contribution in [0.15, 0.2) is 67.3 Å². The molecule has 0 spiro atoms. The molecule has 0 bridgehead atoms. The Hall–Kier alpha value is -2.41. The third-order valence-electron chi connectivity index (χ3n) is 6.89. The van der Waals surface area contributed by atoms with Crippen molar-refractivity contribution in [2.75, 3.05) is 0 Å². The van der Waals surface area contributed by atoms with Gasteiger partial charge in [-0.2, -0.15) is 0 Å². The molecular formula is C29H33F. The number of benzene rings is 3. The maximum Gasteiger partial charge on any atom is 0.138 e. The molecule has 0 saturated heterocycles. The Labute approximate surface area is 180 Å². The number of aryl methyl sites for hydroxylation is 1. The smallest absolute Gasteiger partial charge is 0.138 e. The number of unbranched alkanes of at least 4 members (excludes halogenated alkanes) is 2. The average Bonchev–Trinajstić information content (AvgIpc) is 2.80. The second-order valence-electron chi connectivity index (χ2n) is 8.91. The molecule has 0 aromatic heterocycles. The molecule has 0 heterocycles. The van der Waals surface area contributed by atoms with Crippen molar-refractivity contribution in [3.63, 3.8) is 0 Å². The molecule has 0 radical (unpaired) electrons. The van der Waals surface area contributed by atoms with Crippen LogP contribution in [0, 0.1) is 11.7 Å². The van der Waals surface area contributed by atoms with Gasteiger partial charge < -0.3 is 0 Å². The fraction of sp³-hybridized carbons (Fsp3) is 0.379. The van der Waals surface area contributed by atoms with Crippen molar-refractivity contribution in [1.29, 1.82) is 0 Å². The van der Waals surface area contributed by atoms with Gasteiger partial charge in [0.2, 0.25) is 0 Å². The first-order valence-corrected chi connectivity index (χ1v) is 11.6. The summed E-state index contributed by atoms with van der Waals surface area (Å²) in [4.78, 5) is 0. The van der Waals surface area contributed by atoms with Crippen LogP contribution in [0.1, 0.15) is 68.9 Å². The highest BCUT2D eigenvalue weighted by atomic mass is 19.1. The van der Waals surface area contributed by atoms with E-state index < -0.39 is 0 Å². The monoisotopic (exact) mass is 400 g/mol. The molecule has 3 aromatic rings. The van der Waals surface area contributed by atoms with Crippen LogP contribution in [0.3, 0.4) is 0 Å². The van der Waals surface area contributed by atoms with Crippen LogP contribution in [0.5, 0.6) is 0 Å². The Morgan fingerprint density at radius 2 is 1.70 bits per heavy atom. The Bertz CT molecular complexity index is 991. The summed E-state index contributed by atoms with van der Waals surface area (Å²) in [6.07, 6.45) is 11.8. The summed E-state index contributed by atoms with van der Waals surface area (Å²) >= 11 is 0. The summed E-state index contributed by atoms with van der Waals surface area (Å²) in [5.41, 5.74) is 4.35. The lowest BCUT2D eigenvalue weighted by atomic mass is 9.78. The highest BCUT2D eigenvalue weighted by molar-refractivity contribution is 5.88. The zero-order valence-electron chi connectivity index (χ0n) is 18.2. The van der Waals surface area contributed by atoms with Crippen molar-refractivity contribution >= 4 is 10.8 Å². The molecule has 156 valence electrons. The largest absolute Gasteiger partial charge is 0.206 e. The highest BCUT2D eigenvalue weighted by Crippen LogP contribution is 2.37. The molecule has 3 aromatic carbocycles. The van der Waals surface area contributed by atoms with E-state index in [1.807, 2.05) is 12.1 Å². The highest BCUT2D eigenvalue weighted by Gasteiger charge is 2.20. The van der Waals surface area contributed by atoms with E-state index in [0.717, 1.165) is 22.8 Å². The van der Waals surface area contributed by atoms with Crippen LogP contribution >= 0.6 is 0 Å². The summed E-state index contributed by atoms with van der Waals surface area (Å²) in [6, 6.07) is 18.8. The first kappa shape index (κ1) is 20.8. The molecule has 1 heteroatoms. The Kier molecular flexibility index (Phi) is 6.67. The molecule has 0 unspecified atom stereocenters. The summed E-state index contributed by atoms with van der Waals surface area (Å²) in [5.74, 6) is 1.20. The zero-order chi connectivity index (χ0) is 20.9. The van der Waals surface area contributed by atoms with E-state index in [1.54, 1.807) is 0 Å². The third kappa shape index (κ3) is 4.51. The van der Waals surface area contributed by atoms with Crippen LogP contribution < -0.4 is 0 Å². The molecule has 1 saturated carbocycles. The Morgan fingerprint density at radius 3 is 2.40 bits per heavy atom. The normalized spacial score (nSPS) is 19.1. The first-order valence-electron chi connectivity index (χ1n) is 11.6. The van der Waals surface area contributed by atoms with E-state index >= 15 is 4.39 Å². The van der Waals surface area contributed by atoms with Gasteiger partial charge in [-0.3, -0.25) is 0 Å². The SMILES string of the molecule is C=CC1CCC(c2ccc(-c3ccc4cc(CCCCC)ccc4c3F)cc2)CC1. The number of halogens is 1. The van der Waals surface area contributed by atoms with E-state index in [9.17, 15) is 0 Å². The van der Waals surface area contributed by atoms with Gasteiger partial charge in [0.25, 0.3) is 0 Å². The number of hydrogen-bond acceptors (Lipinski definition) is 0. The van der Waals surface area contributed by atoms with Crippen LogP contribution in [0.4, 0.5) is 4.39 Å². The Balaban J connectivity index is 1.53. The molecular weight excluding hydrogens is 367 g/mol. The minimum Gasteiger partial charge on any atom is -0.206 e. The summed E-state index contributed by atoms with van der Waals surface area (Å²) < 4.78 is 15.3. The molecule has 1 aliphatic rings. The predicted molar refractivity (Wildman–Crippen MR) is 127 cm³/mol. The van der Waals surface area contributed by atoms with Crippen LogP contribution in [0.25, 0.3) is 21.9 Å². The summed E-state index contributed by atoms with van der Waals surface area (Å²) in [6.45, 7) is 6.16. The van der Waals surface area contributed by atoms with Crippen molar-refractivity contribution in [3.05, 3.63) is 84.2 Å². The summed E-state index contributed by atoms with van der Waals surface area (Å²) in [7, 11) is 0. The first-order chi connectivity index (χ1) is 14.7. The zero-order valence-corrected chi connectivity index (χ0v) is 18.2. The topological polar surface area (TPSA) is 0 Å². The maximum atomic E-state index is 15.3. The molecule has 0 atom stereocenters. The van der Waals surface area contributed by atoms with E-state index in [2.05, 4.69) is 62.0 Å². The van der Waals surface area contributed by atoms with Gasteiger partial charge in [-0.05, 0) is 72.4 Å². The van der Waals surface area contributed by atoms with Crippen LogP contribution in [0.2, 0.25) is 0 Å². The van der Waals surface area contributed by atoms with E-state index in [0.29, 0.717) is 17.4 Å². The van der Waals surface area contributed by atoms with Gasteiger partial charge in [-0.15, -0.1) is 6.58 Å². The lowest BCUT2D eigenvalue weighted by molar-refractivity contribution is 0.376. The van der Waals surface area contributed by atoms with Gasteiger partial charge in [0.1, 0.15) is 5.82 Å². The summed E-state index contributed by atoms with van der Waals surface area (Å²) in [5, 5.41) is 1.72. The maximum absolute atomic E-state index is 15.3. The lowest BCUT2D eigenvalue weighted by Crippen LogP contribution is -2.11. The molecule has 30 heavy (non-hydrogen) atoms. The second-order valence-corrected chi connectivity index (χ2v) is 8.91. The van der Waals surface area contributed by atoms with E-state index in [4.69, 9.17) is 0 Å². The molecule has 1 fully saturated rings. The number of fused-ring (bicyclic) bond motifs is 1. The molecule has 4 rings (SSSR count). The van der Waals surface area contributed by atoms with Gasteiger partial charge in [-0.25, -0.2) is 4.39 Å². The van der Waals surface area contributed by atoms with Crippen molar-refractivity contribution < 1.29 is 4.39 Å². The van der Waals surface area contributed by atoms with Gasteiger partial charge in [0.05, 0.1) is 0 Å². The van der Waals surface area contributed by atoms with Gasteiger partial charge in [0.15, 0.2) is 0 Å². The molecule has 0 amide bonds.